The highest BCUT2D eigenvalue weighted by Crippen LogP contribution is 2.37. The van der Waals surface area contributed by atoms with Gasteiger partial charge >= 0.3 is 0 Å². The van der Waals surface area contributed by atoms with E-state index in [4.69, 9.17) is 21.1 Å². The second-order valence-electron chi connectivity index (χ2n) is 7.64. The van der Waals surface area contributed by atoms with Crippen LogP contribution in [0.5, 0.6) is 11.5 Å². The number of thioether (sulfide) groups is 1. The van der Waals surface area contributed by atoms with Crippen LogP contribution in [0.4, 0.5) is 10.5 Å². The molecule has 0 spiro atoms. The molecule has 1 saturated heterocycles. The smallest absolute Gasteiger partial charge is 0.294 e. The van der Waals surface area contributed by atoms with Gasteiger partial charge in [0.15, 0.2) is 11.5 Å². The molecule has 1 heterocycles. The minimum atomic E-state index is -0.532. The molecule has 1 aliphatic rings. The fraction of sp³-hybridized carbons (Fsp3) is 0.269. The van der Waals surface area contributed by atoms with E-state index in [-0.39, 0.29) is 4.91 Å². The molecule has 0 bridgehead atoms. The highest BCUT2D eigenvalue weighted by atomic mass is 35.5. The Balaban J connectivity index is 1.83. The van der Waals surface area contributed by atoms with Crippen LogP contribution in [-0.4, -0.2) is 41.7 Å². The average molecular weight is 515 g/mol. The highest BCUT2D eigenvalue weighted by molar-refractivity contribution is 8.18. The molecular formula is C26H27ClN2O5S. The maximum Gasteiger partial charge on any atom is 0.294 e. The van der Waals surface area contributed by atoms with E-state index in [2.05, 4.69) is 11.9 Å². The Morgan fingerprint density at radius 3 is 2.60 bits per heavy atom. The number of hydrogen-bond acceptors (Lipinski definition) is 6. The van der Waals surface area contributed by atoms with Gasteiger partial charge in [-0.3, -0.25) is 19.3 Å². The summed E-state index contributed by atoms with van der Waals surface area (Å²) in [5, 5.41) is 2.66. The summed E-state index contributed by atoms with van der Waals surface area (Å²) in [6.45, 7) is 9.89. The second kappa shape index (κ2) is 12.0. The molecule has 0 unspecified atom stereocenters. The van der Waals surface area contributed by atoms with Gasteiger partial charge in [-0.15, -0.1) is 6.58 Å². The molecule has 2 aromatic carbocycles. The quantitative estimate of drug-likeness (QED) is 0.316. The lowest BCUT2D eigenvalue weighted by molar-refractivity contribution is -0.127. The molecule has 35 heavy (non-hydrogen) atoms. The van der Waals surface area contributed by atoms with E-state index in [1.807, 2.05) is 26.8 Å². The summed E-state index contributed by atoms with van der Waals surface area (Å²) in [6, 6.07) is 8.74. The van der Waals surface area contributed by atoms with Crippen molar-refractivity contribution in [1.82, 2.24) is 4.90 Å². The van der Waals surface area contributed by atoms with Crippen molar-refractivity contribution >= 4 is 52.2 Å². The zero-order valence-electron chi connectivity index (χ0n) is 19.9. The van der Waals surface area contributed by atoms with Gasteiger partial charge < -0.3 is 14.8 Å². The van der Waals surface area contributed by atoms with Crippen molar-refractivity contribution in [3.63, 3.8) is 0 Å². The highest BCUT2D eigenvalue weighted by Gasteiger charge is 2.36. The van der Waals surface area contributed by atoms with Crippen molar-refractivity contribution in [3.05, 3.63) is 69.6 Å². The summed E-state index contributed by atoms with van der Waals surface area (Å²) in [5.41, 5.74) is 2.87. The number of hydrogen-bond donors (Lipinski definition) is 1. The maximum absolute atomic E-state index is 13.0. The number of imide groups is 1. The molecule has 0 radical (unpaired) electrons. The zero-order valence-corrected chi connectivity index (χ0v) is 21.4. The monoisotopic (exact) mass is 514 g/mol. The zero-order chi connectivity index (χ0) is 25.5. The lowest BCUT2D eigenvalue weighted by atomic mass is 10.0. The fourth-order valence-corrected chi connectivity index (χ4v) is 4.51. The number of aryl methyl sites for hydroxylation is 1. The van der Waals surface area contributed by atoms with Crippen LogP contribution in [0.3, 0.4) is 0 Å². The number of anilines is 1. The third-order valence-electron chi connectivity index (χ3n) is 5.05. The summed E-state index contributed by atoms with van der Waals surface area (Å²) >= 11 is 6.79. The molecule has 9 heteroatoms. The van der Waals surface area contributed by atoms with Gasteiger partial charge in [-0.05, 0) is 80.4 Å². The number of allylic oxidation sites excluding steroid dienone is 1. The van der Waals surface area contributed by atoms with Crippen LogP contribution in [0.25, 0.3) is 6.08 Å². The normalized spacial score (nSPS) is 14.4. The largest absolute Gasteiger partial charge is 0.490 e. The van der Waals surface area contributed by atoms with Crippen molar-refractivity contribution in [1.29, 1.82) is 0 Å². The standard InChI is InChI=1S/C26H27ClN2O5S/c1-5-8-18-11-17(12-21(33-6-2)24(18)34-7-3)13-22-25(31)29(26(32)35-22)15-23(30)28-20-14-19(27)10-9-16(20)4/h5,9-14H,1,6-8,15H2,2-4H3,(H,28,30)/b22-13+. The summed E-state index contributed by atoms with van der Waals surface area (Å²) in [4.78, 5) is 39.2. The molecule has 0 saturated carbocycles. The van der Waals surface area contributed by atoms with Crippen molar-refractivity contribution in [2.45, 2.75) is 27.2 Å². The Morgan fingerprint density at radius 1 is 1.17 bits per heavy atom. The molecule has 0 aromatic heterocycles. The Bertz CT molecular complexity index is 1190. The predicted octanol–water partition coefficient (Wildman–Crippen LogP) is 5.85. The first-order valence-corrected chi connectivity index (χ1v) is 12.3. The minimum Gasteiger partial charge on any atom is -0.490 e. The van der Waals surface area contributed by atoms with Crippen LogP contribution in [0.2, 0.25) is 5.02 Å². The molecule has 2 aromatic rings. The summed E-state index contributed by atoms with van der Waals surface area (Å²) in [7, 11) is 0. The van der Waals surface area contributed by atoms with Crippen LogP contribution >= 0.6 is 23.4 Å². The van der Waals surface area contributed by atoms with Gasteiger partial charge in [-0.1, -0.05) is 23.7 Å². The SMILES string of the molecule is C=CCc1cc(/C=C2/SC(=O)N(CC(=O)Nc3cc(Cl)ccc3C)C2=O)cc(OCC)c1OCC. The number of nitrogens with zero attached hydrogens (tertiary/aromatic N) is 1. The molecule has 184 valence electrons. The third-order valence-corrected chi connectivity index (χ3v) is 6.20. The molecule has 3 rings (SSSR count). The van der Waals surface area contributed by atoms with E-state index < -0.39 is 23.6 Å². The first-order valence-electron chi connectivity index (χ1n) is 11.1. The molecule has 1 fully saturated rings. The summed E-state index contributed by atoms with van der Waals surface area (Å²) in [6.07, 6.45) is 3.92. The molecule has 0 aliphatic carbocycles. The lowest BCUT2D eigenvalue weighted by Gasteiger charge is -2.16. The molecular weight excluding hydrogens is 488 g/mol. The number of benzene rings is 2. The van der Waals surface area contributed by atoms with Gasteiger partial charge in [-0.2, -0.15) is 0 Å². The molecule has 0 atom stereocenters. The Labute approximate surface area is 214 Å². The predicted molar refractivity (Wildman–Crippen MR) is 140 cm³/mol. The van der Waals surface area contributed by atoms with E-state index in [0.29, 0.717) is 47.4 Å². The number of amides is 3. The van der Waals surface area contributed by atoms with Crippen molar-refractivity contribution < 1.29 is 23.9 Å². The van der Waals surface area contributed by atoms with Crippen LogP contribution in [0, 0.1) is 6.92 Å². The van der Waals surface area contributed by atoms with Gasteiger partial charge in [0.1, 0.15) is 6.54 Å². The van der Waals surface area contributed by atoms with Crippen LogP contribution in [0.1, 0.15) is 30.5 Å². The topological polar surface area (TPSA) is 84.9 Å². The van der Waals surface area contributed by atoms with E-state index in [1.165, 1.54) is 0 Å². The lowest BCUT2D eigenvalue weighted by Crippen LogP contribution is -2.36. The number of rotatable bonds is 10. The van der Waals surface area contributed by atoms with E-state index in [0.717, 1.165) is 27.8 Å². The van der Waals surface area contributed by atoms with Gasteiger partial charge in [0.25, 0.3) is 11.1 Å². The van der Waals surface area contributed by atoms with Crippen molar-refractivity contribution in [2.24, 2.45) is 0 Å². The Kier molecular flexibility index (Phi) is 9.01. The van der Waals surface area contributed by atoms with Gasteiger partial charge in [0, 0.05) is 16.3 Å². The third kappa shape index (κ3) is 6.46. The Morgan fingerprint density at radius 2 is 1.91 bits per heavy atom. The minimum absolute atomic E-state index is 0.220. The van der Waals surface area contributed by atoms with Crippen molar-refractivity contribution in [3.8, 4) is 11.5 Å². The van der Waals surface area contributed by atoms with Gasteiger partial charge in [0.05, 0.1) is 18.1 Å². The average Bonchev–Trinajstić information content (AvgIpc) is 3.06. The first kappa shape index (κ1) is 26.4. The van der Waals surface area contributed by atoms with Crippen LogP contribution in [-0.2, 0) is 16.0 Å². The molecule has 3 amide bonds. The number of nitrogens with one attached hydrogen (secondary N) is 1. The molecule has 1 aliphatic heterocycles. The summed E-state index contributed by atoms with van der Waals surface area (Å²) < 4.78 is 11.5. The van der Waals surface area contributed by atoms with E-state index >= 15 is 0 Å². The first-order chi connectivity index (χ1) is 16.8. The molecule has 1 N–H and O–H groups in total. The number of ether oxygens (including phenoxy) is 2. The number of halogens is 1. The van der Waals surface area contributed by atoms with Gasteiger partial charge in [-0.25, -0.2) is 0 Å². The van der Waals surface area contributed by atoms with Crippen molar-refractivity contribution in [2.75, 3.05) is 25.1 Å². The second-order valence-corrected chi connectivity index (χ2v) is 9.07. The summed E-state index contributed by atoms with van der Waals surface area (Å²) in [5.74, 6) is 0.157. The fourth-order valence-electron chi connectivity index (χ4n) is 3.49. The number of carbonyl (C=O) groups excluding carboxylic acids is 3. The van der Waals surface area contributed by atoms with E-state index in [1.54, 1.807) is 36.4 Å². The Hall–Kier alpha value is -3.23. The van der Waals surface area contributed by atoms with Crippen LogP contribution < -0.4 is 14.8 Å². The number of carbonyl (C=O) groups is 3. The van der Waals surface area contributed by atoms with E-state index in [9.17, 15) is 14.4 Å². The van der Waals surface area contributed by atoms with Crippen LogP contribution in [0.15, 0.2) is 47.9 Å². The van der Waals surface area contributed by atoms with Gasteiger partial charge in [0.2, 0.25) is 5.91 Å². The maximum atomic E-state index is 13.0. The molecule has 7 nitrogen and oxygen atoms in total.